The minimum absolute atomic E-state index is 0.112. The van der Waals surface area contributed by atoms with E-state index in [9.17, 15) is 18.3 Å². The summed E-state index contributed by atoms with van der Waals surface area (Å²) in [4.78, 5) is 15.2. The zero-order valence-electron chi connectivity index (χ0n) is 22.6. The first-order valence-electron chi connectivity index (χ1n) is 14.3. The van der Waals surface area contributed by atoms with E-state index in [-0.39, 0.29) is 24.4 Å². The van der Waals surface area contributed by atoms with Crippen molar-refractivity contribution in [2.45, 2.75) is 43.7 Å². The summed E-state index contributed by atoms with van der Waals surface area (Å²) in [6, 6.07) is 15.5. The first-order valence-corrected chi connectivity index (χ1v) is 15.9. The van der Waals surface area contributed by atoms with Gasteiger partial charge in [0.05, 0.1) is 29.3 Å². The molecule has 4 saturated carbocycles. The van der Waals surface area contributed by atoms with Gasteiger partial charge in [-0.25, -0.2) is 13.2 Å². The second-order valence-corrected chi connectivity index (χ2v) is 14.1. The Labute approximate surface area is 235 Å². The number of piperazine rings is 1. The van der Waals surface area contributed by atoms with Gasteiger partial charge in [0, 0.05) is 43.6 Å². The minimum atomic E-state index is -3.41. The van der Waals surface area contributed by atoms with Crippen molar-refractivity contribution < 1.29 is 23.4 Å². The Bertz CT molecular complexity index is 1310. The van der Waals surface area contributed by atoms with Crippen LogP contribution in [0.2, 0.25) is 0 Å². The number of carbonyl (C=O) groups excluding carboxylic acids is 1. The lowest BCUT2D eigenvalue weighted by atomic mass is 9.52. The highest BCUT2D eigenvalue weighted by Gasteiger charge is 2.55. The van der Waals surface area contributed by atoms with Crippen molar-refractivity contribution in [1.29, 1.82) is 0 Å². The van der Waals surface area contributed by atoms with Crippen molar-refractivity contribution in [2.75, 3.05) is 54.1 Å². The van der Waals surface area contributed by atoms with E-state index in [1.165, 1.54) is 4.31 Å². The number of benzene rings is 2. The van der Waals surface area contributed by atoms with Crippen LogP contribution < -0.4 is 20.9 Å². The van der Waals surface area contributed by atoms with Gasteiger partial charge in [0.1, 0.15) is 0 Å². The van der Waals surface area contributed by atoms with Crippen molar-refractivity contribution >= 4 is 38.8 Å². The Balaban J connectivity index is 1.05. The van der Waals surface area contributed by atoms with Crippen LogP contribution in [0.3, 0.4) is 0 Å². The molecule has 10 nitrogen and oxygen atoms in total. The van der Waals surface area contributed by atoms with Gasteiger partial charge < -0.3 is 31.1 Å². The maximum Gasteiger partial charge on any atom is 0.319 e. The molecule has 7 rings (SSSR count). The average molecular weight is 570 g/mol. The summed E-state index contributed by atoms with van der Waals surface area (Å²) in [5, 5.41) is 29.5. The van der Waals surface area contributed by atoms with Gasteiger partial charge in [-0.3, -0.25) is 0 Å². The van der Waals surface area contributed by atoms with E-state index in [0.717, 1.165) is 49.2 Å². The molecule has 4 bridgehead atoms. The molecule has 5 aliphatic rings. The van der Waals surface area contributed by atoms with Crippen LogP contribution in [-0.4, -0.2) is 79.1 Å². The highest BCUT2D eigenvalue weighted by molar-refractivity contribution is 7.89. The summed E-state index contributed by atoms with van der Waals surface area (Å²) in [6.07, 6.45) is 4.69. The molecule has 2 aromatic carbocycles. The zero-order valence-corrected chi connectivity index (χ0v) is 23.4. The Kier molecular flexibility index (Phi) is 7.41. The van der Waals surface area contributed by atoms with Gasteiger partial charge in [0.2, 0.25) is 10.0 Å². The number of hydrogen-bond donors (Lipinski definition) is 5. The summed E-state index contributed by atoms with van der Waals surface area (Å²) in [5.74, 6) is 1.05. The van der Waals surface area contributed by atoms with Crippen molar-refractivity contribution in [3.05, 3.63) is 48.5 Å². The maximum atomic E-state index is 13.1. The van der Waals surface area contributed by atoms with E-state index >= 15 is 0 Å². The monoisotopic (exact) mass is 569 g/mol. The molecule has 2 unspecified atom stereocenters. The fraction of sp³-hybridized carbons (Fsp3) is 0.552. The fourth-order valence-corrected chi connectivity index (χ4v) is 8.82. The lowest BCUT2D eigenvalue weighted by Gasteiger charge is -2.58. The number of hydrogen-bond acceptors (Lipinski definition) is 7. The van der Waals surface area contributed by atoms with Gasteiger partial charge in [-0.05, 0) is 86.3 Å². The van der Waals surface area contributed by atoms with Crippen molar-refractivity contribution in [3.8, 4) is 0 Å². The summed E-state index contributed by atoms with van der Waals surface area (Å²) in [7, 11) is -3.41. The molecule has 1 heterocycles. The fourth-order valence-electron chi connectivity index (χ4n) is 7.61. The first kappa shape index (κ1) is 27.3. The SMILES string of the molecule is O=C(Nc1ccccc1Nc1ccc(N2CCN(S(=O)(=O)CCO)CC2)cc1)N[C@H]1C2CC3CC1C[C@@](O)(C3)C2. The second kappa shape index (κ2) is 10.8. The van der Waals surface area contributed by atoms with Crippen LogP contribution in [0.15, 0.2) is 48.5 Å². The Hall–Kier alpha value is -2.86. The summed E-state index contributed by atoms with van der Waals surface area (Å²) >= 11 is 0. The highest BCUT2D eigenvalue weighted by atomic mass is 32.2. The molecule has 11 heteroatoms. The van der Waals surface area contributed by atoms with E-state index in [0.29, 0.717) is 49.6 Å². The summed E-state index contributed by atoms with van der Waals surface area (Å²) in [6.45, 7) is 1.59. The topological polar surface area (TPSA) is 134 Å². The number of rotatable bonds is 8. The Morgan fingerprint density at radius 2 is 1.57 bits per heavy atom. The highest BCUT2D eigenvalue weighted by Crippen LogP contribution is 2.55. The molecule has 1 saturated heterocycles. The molecule has 2 aromatic rings. The van der Waals surface area contributed by atoms with E-state index in [1.807, 2.05) is 48.5 Å². The number of aliphatic hydroxyl groups excluding tert-OH is 1. The number of carbonyl (C=O) groups is 1. The largest absolute Gasteiger partial charge is 0.395 e. The normalized spacial score (nSPS) is 29.8. The van der Waals surface area contributed by atoms with E-state index in [1.54, 1.807) is 0 Å². The maximum absolute atomic E-state index is 13.1. The molecule has 1 aliphatic heterocycles. The molecule has 2 amide bonds. The molecule has 4 aliphatic carbocycles. The average Bonchev–Trinajstić information content (AvgIpc) is 2.91. The van der Waals surface area contributed by atoms with E-state index in [2.05, 4.69) is 20.9 Å². The molecule has 0 aromatic heterocycles. The number of urea groups is 1. The number of aliphatic hydroxyl groups is 2. The molecule has 5 N–H and O–H groups in total. The third-order valence-electron chi connectivity index (χ3n) is 9.21. The van der Waals surface area contributed by atoms with Crippen LogP contribution in [0.1, 0.15) is 32.1 Å². The quantitative estimate of drug-likeness (QED) is 0.330. The van der Waals surface area contributed by atoms with Crippen LogP contribution >= 0.6 is 0 Å². The van der Waals surface area contributed by atoms with Crippen LogP contribution in [0.25, 0.3) is 0 Å². The second-order valence-electron chi connectivity index (χ2n) is 12.0. The number of nitrogens with zero attached hydrogens (tertiary/aromatic N) is 2. The third-order valence-corrected chi connectivity index (χ3v) is 11.1. The van der Waals surface area contributed by atoms with Crippen LogP contribution in [0.4, 0.5) is 27.5 Å². The van der Waals surface area contributed by atoms with Crippen molar-refractivity contribution in [1.82, 2.24) is 9.62 Å². The zero-order chi connectivity index (χ0) is 27.9. The molecular weight excluding hydrogens is 530 g/mol. The number of anilines is 4. The standard InChI is InChI=1S/C29H39N5O5S/c35-13-14-40(38,39)34-11-9-33(10-12-34)24-7-5-23(6-8-24)30-25-3-1-2-4-26(25)31-28(36)32-27-21-15-20-16-22(27)19-29(37,17-20)18-21/h1-8,20-22,27,30,35,37H,9-19H2,(H2,31,32,36)/t20?,21?,22?,27-,29+. The molecule has 5 fully saturated rings. The van der Waals surface area contributed by atoms with E-state index < -0.39 is 15.6 Å². The number of para-hydroxylation sites is 2. The molecule has 216 valence electrons. The smallest absolute Gasteiger partial charge is 0.319 e. The predicted octanol–water partition coefficient (Wildman–Crippen LogP) is 2.94. The van der Waals surface area contributed by atoms with Crippen molar-refractivity contribution in [2.24, 2.45) is 17.8 Å². The van der Waals surface area contributed by atoms with Gasteiger partial charge in [-0.2, -0.15) is 4.31 Å². The number of nitrogens with one attached hydrogen (secondary N) is 3. The number of sulfonamides is 1. The van der Waals surface area contributed by atoms with Gasteiger partial charge in [0.15, 0.2) is 0 Å². The lowest BCUT2D eigenvalue weighted by Crippen LogP contribution is -2.62. The van der Waals surface area contributed by atoms with Crippen LogP contribution in [0, 0.1) is 17.8 Å². The summed E-state index contributed by atoms with van der Waals surface area (Å²) in [5.41, 5.74) is 2.83. The molecule has 0 spiro atoms. The Morgan fingerprint density at radius 3 is 2.20 bits per heavy atom. The third kappa shape index (κ3) is 5.65. The predicted molar refractivity (Wildman–Crippen MR) is 155 cm³/mol. The van der Waals surface area contributed by atoms with Gasteiger partial charge in [0.25, 0.3) is 0 Å². The molecular formula is C29H39N5O5S. The van der Waals surface area contributed by atoms with Gasteiger partial charge in [-0.15, -0.1) is 0 Å². The lowest BCUT2D eigenvalue weighted by molar-refractivity contribution is -0.136. The van der Waals surface area contributed by atoms with Crippen LogP contribution in [-0.2, 0) is 10.0 Å². The summed E-state index contributed by atoms with van der Waals surface area (Å²) < 4.78 is 25.9. The van der Waals surface area contributed by atoms with E-state index in [4.69, 9.17) is 5.11 Å². The van der Waals surface area contributed by atoms with Gasteiger partial charge >= 0.3 is 6.03 Å². The number of amides is 2. The van der Waals surface area contributed by atoms with Crippen LogP contribution in [0.5, 0.6) is 0 Å². The Morgan fingerprint density at radius 1 is 0.925 bits per heavy atom. The first-order chi connectivity index (χ1) is 19.2. The molecule has 40 heavy (non-hydrogen) atoms. The van der Waals surface area contributed by atoms with Gasteiger partial charge in [-0.1, -0.05) is 12.1 Å². The molecule has 0 radical (unpaired) electrons. The van der Waals surface area contributed by atoms with Crippen molar-refractivity contribution in [3.63, 3.8) is 0 Å². The minimum Gasteiger partial charge on any atom is -0.395 e. The molecule has 2 atom stereocenters.